The highest BCUT2D eigenvalue weighted by molar-refractivity contribution is 5.73. The fourth-order valence-corrected chi connectivity index (χ4v) is 1.05. The summed E-state index contributed by atoms with van der Waals surface area (Å²) in [6.07, 6.45) is 2.49. The maximum absolute atomic E-state index is 10.4. The van der Waals surface area contributed by atoms with E-state index in [0.717, 1.165) is 13.1 Å². The third kappa shape index (κ3) is 2.35. The van der Waals surface area contributed by atoms with Crippen LogP contribution in [0.15, 0.2) is 0 Å². The molecule has 1 amide bonds. The molecular formula is C7H13N2O. The zero-order valence-electron chi connectivity index (χ0n) is 6.26. The van der Waals surface area contributed by atoms with Gasteiger partial charge in [-0.05, 0) is 12.8 Å². The van der Waals surface area contributed by atoms with E-state index in [4.69, 9.17) is 0 Å². The third-order valence-electron chi connectivity index (χ3n) is 1.59. The van der Waals surface area contributed by atoms with E-state index in [0.29, 0.717) is 0 Å². The Morgan fingerprint density at radius 1 is 1.50 bits per heavy atom. The van der Waals surface area contributed by atoms with Crippen molar-refractivity contribution in [2.45, 2.75) is 19.8 Å². The van der Waals surface area contributed by atoms with Crippen LogP contribution in [-0.4, -0.2) is 23.9 Å². The van der Waals surface area contributed by atoms with Crippen molar-refractivity contribution < 1.29 is 4.79 Å². The summed E-state index contributed by atoms with van der Waals surface area (Å²) >= 11 is 0. The summed E-state index contributed by atoms with van der Waals surface area (Å²) in [6.45, 7) is 5.46. The summed E-state index contributed by atoms with van der Waals surface area (Å²) < 4.78 is 0. The molecule has 0 bridgehead atoms. The van der Waals surface area contributed by atoms with Gasteiger partial charge in [-0.25, -0.2) is 0 Å². The standard InChI is InChI=1S/C7H13N2O/c1-7(10)8-6-9-4-2-3-5-9/h6H,2-5H2,1H3,(H,8,10). The van der Waals surface area contributed by atoms with Crippen molar-refractivity contribution in [2.75, 3.05) is 13.1 Å². The maximum atomic E-state index is 10.4. The number of nitrogens with zero attached hydrogens (tertiary/aromatic N) is 1. The number of likely N-dealkylation sites (tertiary alicyclic amines) is 1. The van der Waals surface area contributed by atoms with Crippen molar-refractivity contribution in [3.05, 3.63) is 6.67 Å². The van der Waals surface area contributed by atoms with Gasteiger partial charge in [-0.2, -0.15) is 0 Å². The van der Waals surface area contributed by atoms with Crippen LogP contribution in [-0.2, 0) is 4.79 Å². The third-order valence-corrected chi connectivity index (χ3v) is 1.59. The summed E-state index contributed by atoms with van der Waals surface area (Å²) in [4.78, 5) is 12.6. The van der Waals surface area contributed by atoms with Gasteiger partial charge in [0.15, 0.2) is 0 Å². The smallest absolute Gasteiger partial charge is 0.218 e. The SMILES string of the molecule is CC(=O)N[CH]N1CCCC1. The number of amides is 1. The van der Waals surface area contributed by atoms with E-state index < -0.39 is 0 Å². The lowest BCUT2D eigenvalue weighted by atomic mass is 10.4. The van der Waals surface area contributed by atoms with Crippen molar-refractivity contribution in [1.82, 2.24) is 10.2 Å². The Balaban J connectivity index is 2.07. The molecule has 0 unspecified atom stereocenters. The van der Waals surface area contributed by atoms with Crippen molar-refractivity contribution in [3.63, 3.8) is 0 Å². The zero-order chi connectivity index (χ0) is 7.40. The summed E-state index contributed by atoms with van der Waals surface area (Å²) in [6, 6.07) is 0. The molecule has 1 aliphatic rings. The lowest BCUT2D eigenvalue weighted by Crippen LogP contribution is -2.28. The van der Waals surface area contributed by atoms with Gasteiger partial charge in [-0.3, -0.25) is 9.69 Å². The lowest BCUT2D eigenvalue weighted by Gasteiger charge is -2.12. The highest BCUT2D eigenvalue weighted by Gasteiger charge is 2.10. The molecule has 1 radical (unpaired) electrons. The molecule has 57 valence electrons. The van der Waals surface area contributed by atoms with Crippen molar-refractivity contribution in [3.8, 4) is 0 Å². The Bertz CT molecular complexity index is 119. The maximum Gasteiger partial charge on any atom is 0.218 e. The van der Waals surface area contributed by atoms with Gasteiger partial charge in [0.25, 0.3) is 0 Å². The van der Waals surface area contributed by atoms with Crippen LogP contribution in [0.2, 0.25) is 0 Å². The highest BCUT2D eigenvalue weighted by atomic mass is 16.1. The minimum absolute atomic E-state index is 0.00639. The number of carbonyl (C=O) groups is 1. The Labute approximate surface area is 61.4 Å². The molecule has 3 nitrogen and oxygen atoms in total. The van der Waals surface area contributed by atoms with Gasteiger partial charge in [-0.15, -0.1) is 0 Å². The summed E-state index contributed by atoms with van der Waals surface area (Å²) in [5.41, 5.74) is 0. The van der Waals surface area contributed by atoms with Crippen molar-refractivity contribution in [2.24, 2.45) is 0 Å². The van der Waals surface area contributed by atoms with Crippen LogP contribution in [0.3, 0.4) is 0 Å². The molecule has 1 N–H and O–H groups in total. The zero-order valence-corrected chi connectivity index (χ0v) is 6.26. The topological polar surface area (TPSA) is 32.3 Å². The number of rotatable bonds is 2. The van der Waals surface area contributed by atoms with Gasteiger partial charge < -0.3 is 5.32 Å². The quantitative estimate of drug-likeness (QED) is 0.601. The van der Waals surface area contributed by atoms with E-state index in [1.807, 2.05) is 0 Å². The van der Waals surface area contributed by atoms with Crippen LogP contribution < -0.4 is 5.32 Å². The second-order valence-corrected chi connectivity index (χ2v) is 2.57. The average Bonchev–Trinajstić information content (AvgIpc) is 2.34. The van der Waals surface area contributed by atoms with Crippen LogP contribution >= 0.6 is 0 Å². The molecule has 10 heavy (non-hydrogen) atoms. The van der Waals surface area contributed by atoms with Gasteiger partial charge in [0.1, 0.15) is 6.67 Å². The molecular weight excluding hydrogens is 128 g/mol. The number of nitrogens with one attached hydrogen (secondary N) is 1. The number of hydrogen-bond donors (Lipinski definition) is 1. The second-order valence-electron chi connectivity index (χ2n) is 2.57. The van der Waals surface area contributed by atoms with Crippen molar-refractivity contribution in [1.29, 1.82) is 0 Å². The molecule has 0 aromatic carbocycles. The monoisotopic (exact) mass is 141 g/mol. The lowest BCUT2D eigenvalue weighted by molar-refractivity contribution is -0.118. The minimum atomic E-state index is 0.00639. The Hall–Kier alpha value is -0.570. The predicted octanol–water partition coefficient (Wildman–Crippen LogP) is 0.338. The molecule has 0 aromatic heterocycles. The first-order valence-corrected chi connectivity index (χ1v) is 3.63. The summed E-state index contributed by atoms with van der Waals surface area (Å²) in [7, 11) is 0. The molecule has 1 fully saturated rings. The largest absolute Gasteiger partial charge is 0.338 e. The summed E-state index contributed by atoms with van der Waals surface area (Å²) in [5.74, 6) is 0.00639. The van der Waals surface area contributed by atoms with E-state index in [2.05, 4.69) is 10.2 Å². The molecule has 0 aliphatic carbocycles. The second kappa shape index (κ2) is 3.56. The van der Waals surface area contributed by atoms with Gasteiger partial charge in [0.2, 0.25) is 5.91 Å². The van der Waals surface area contributed by atoms with E-state index in [9.17, 15) is 4.79 Å². The molecule has 0 atom stereocenters. The first kappa shape index (κ1) is 7.54. The molecule has 0 spiro atoms. The Morgan fingerprint density at radius 3 is 2.60 bits per heavy atom. The molecule has 1 saturated heterocycles. The van der Waals surface area contributed by atoms with E-state index >= 15 is 0 Å². The predicted molar refractivity (Wildman–Crippen MR) is 38.9 cm³/mol. The van der Waals surface area contributed by atoms with Gasteiger partial charge in [0, 0.05) is 20.0 Å². The van der Waals surface area contributed by atoms with E-state index in [-0.39, 0.29) is 5.91 Å². The molecule has 3 heteroatoms. The van der Waals surface area contributed by atoms with Crippen LogP contribution in [0.1, 0.15) is 19.8 Å². The first-order valence-electron chi connectivity index (χ1n) is 3.63. The molecule has 1 rings (SSSR count). The molecule has 1 aliphatic heterocycles. The highest BCUT2D eigenvalue weighted by Crippen LogP contribution is 2.06. The van der Waals surface area contributed by atoms with Crippen LogP contribution in [0.4, 0.5) is 0 Å². The number of hydrogen-bond acceptors (Lipinski definition) is 2. The van der Waals surface area contributed by atoms with Crippen LogP contribution in [0.5, 0.6) is 0 Å². The fourth-order valence-electron chi connectivity index (χ4n) is 1.05. The van der Waals surface area contributed by atoms with Gasteiger partial charge in [0.05, 0.1) is 0 Å². The molecule has 0 saturated carbocycles. The van der Waals surface area contributed by atoms with E-state index in [1.54, 1.807) is 6.67 Å². The minimum Gasteiger partial charge on any atom is -0.338 e. The van der Waals surface area contributed by atoms with Gasteiger partial charge in [-0.1, -0.05) is 0 Å². The normalized spacial score (nSPS) is 19.3. The molecule has 1 heterocycles. The van der Waals surface area contributed by atoms with Crippen LogP contribution in [0.25, 0.3) is 0 Å². The Kier molecular flexibility index (Phi) is 2.68. The van der Waals surface area contributed by atoms with Crippen molar-refractivity contribution >= 4 is 5.91 Å². The first-order chi connectivity index (χ1) is 4.79. The Morgan fingerprint density at radius 2 is 2.10 bits per heavy atom. The fraction of sp³-hybridized carbons (Fsp3) is 0.714. The van der Waals surface area contributed by atoms with E-state index in [1.165, 1.54) is 19.8 Å². The average molecular weight is 141 g/mol. The van der Waals surface area contributed by atoms with Crippen LogP contribution in [0, 0.1) is 6.67 Å². The number of carbonyl (C=O) groups excluding carboxylic acids is 1. The van der Waals surface area contributed by atoms with Gasteiger partial charge >= 0.3 is 0 Å². The summed E-state index contributed by atoms with van der Waals surface area (Å²) in [5, 5.41) is 2.65. The molecule has 0 aromatic rings.